The Labute approximate surface area is 230 Å². The number of rotatable bonds is 7. The van der Waals surface area contributed by atoms with Crippen LogP contribution in [-0.4, -0.2) is 34.7 Å². The Balaban J connectivity index is 1.32. The maximum absolute atomic E-state index is 13.6. The van der Waals surface area contributed by atoms with E-state index in [-0.39, 0.29) is 11.2 Å². The van der Waals surface area contributed by atoms with Crippen LogP contribution in [0.4, 0.5) is 16.2 Å². The first kappa shape index (κ1) is 26.4. The van der Waals surface area contributed by atoms with Gasteiger partial charge in [-0.3, -0.25) is 0 Å². The number of halogens is 1. The summed E-state index contributed by atoms with van der Waals surface area (Å²) in [5, 5.41) is 7.11. The Morgan fingerprint density at radius 2 is 1.58 bits per heavy atom. The first-order valence-corrected chi connectivity index (χ1v) is 14.2. The van der Waals surface area contributed by atoms with Gasteiger partial charge in [0.2, 0.25) is 11.8 Å². The lowest BCUT2D eigenvalue weighted by Gasteiger charge is -2.38. The third kappa shape index (κ3) is 6.78. The molecule has 1 aliphatic heterocycles. The average Bonchev–Trinajstić information content (AvgIpc) is 3.23. The summed E-state index contributed by atoms with van der Waals surface area (Å²) in [6.45, 7) is 2.60. The van der Waals surface area contributed by atoms with Gasteiger partial charge < -0.3 is 20.3 Å². The summed E-state index contributed by atoms with van der Waals surface area (Å²) in [7, 11) is 0. The molecule has 0 radical (unpaired) electrons. The molecule has 200 valence electrons. The van der Waals surface area contributed by atoms with Crippen LogP contribution in [0.5, 0.6) is 11.6 Å². The van der Waals surface area contributed by atoms with Crippen molar-refractivity contribution in [2.24, 2.45) is 0 Å². The SMILES string of the molecule is Fc1ccc(C2(CNC(=S)Nc3nc(Oc4ccccc4)cc(N4CCCCCC4)n3)CCCCC2)cc1. The van der Waals surface area contributed by atoms with E-state index in [2.05, 4.69) is 20.5 Å². The molecule has 1 aliphatic carbocycles. The summed E-state index contributed by atoms with van der Waals surface area (Å²) in [5.74, 6) is 2.24. The third-order valence-corrected chi connectivity index (χ3v) is 7.91. The molecule has 2 N–H and O–H groups in total. The van der Waals surface area contributed by atoms with Crippen LogP contribution in [0.25, 0.3) is 0 Å². The summed E-state index contributed by atoms with van der Waals surface area (Å²) in [6, 6.07) is 18.5. The van der Waals surface area contributed by atoms with Crippen LogP contribution >= 0.6 is 12.2 Å². The largest absolute Gasteiger partial charge is 0.439 e. The highest BCUT2D eigenvalue weighted by molar-refractivity contribution is 7.80. The van der Waals surface area contributed by atoms with E-state index in [0.717, 1.165) is 68.7 Å². The van der Waals surface area contributed by atoms with E-state index in [9.17, 15) is 4.39 Å². The molecule has 0 amide bonds. The molecule has 0 bridgehead atoms. The lowest BCUT2D eigenvalue weighted by Crippen LogP contribution is -2.43. The fraction of sp³-hybridized carbons (Fsp3) is 0.433. The minimum Gasteiger partial charge on any atom is -0.439 e. The standard InChI is InChI=1S/C30H36FN5OS/c31-24-15-13-23(14-16-24)30(17-7-4-8-18-30)22-32-29(38)35-28-33-26(36-19-9-1-2-10-20-36)21-27(34-28)37-25-11-5-3-6-12-25/h3,5-6,11-16,21H,1-2,4,7-10,17-20,22H2,(H2,32,33,34,35,38). The summed E-state index contributed by atoms with van der Waals surface area (Å²) >= 11 is 5.70. The summed E-state index contributed by atoms with van der Waals surface area (Å²) in [4.78, 5) is 11.7. The van der Waals surface area contributed by atoms with E-state index in [4.69, 9.17) is 21.9 Å². The molecule has 0 spiro atoms. The fourth-order valence-electron chi connectivity index (χ4n) is 5.59. The monoisotopic (exact) mass is 533 g/mol. The number of benzene rings is 2. The molecule has 0 unspecified atom stereocenters. The number of nitrogens with one attached hydrogen (secondary N) is 2. The predicted molar refractivity (Wildman–Crippen MR) is 155 cm³/mol. The van der Waals surface area contributed by atoms with Gasteiger partial charge in [-0.15, -0.1) is 0 Å². The van der Waals surface area contributed by atoms with Crippen molar-refractivity contribution < 1.29 is 9.13 Å². The molecule has 1 saturated carbocycles. The highest BCUT2D eigenvalue weighted by atomic mass is 32.1. The van der Waals surface area contributed by atoms with Crippen LogP contribution in [0, 0.1) is 5.82 Å². The number of thiocarbonyl (C=S) groups is 1. The van der Waals surface area contributed by atoms with Crippen LogP contribution in [0.15, 0.2) is 60.7 Å². The number of ether oxygens (including phenoxy) is 1. The lowest BCUT2D eigenvalue weighted by atomic mass is 9.69. The zero-order valence-corrected chi connectivity index (χ0v) is 22.6. The van der Waals surface area contributed by atoms with Gasteiger partial charge in [0.15, 0.2) is 5.11 Å². The average molecular weight is 534 g/mol. The second-order valence-electron chi connectivity index (χ2n) is 10.4. The molecule has 2 aromatic carbocycles. The van der Waals surface area contributed by atoms with E-state index in [1.54, 1.807) is 12.1 Å². The van der Waals surface area contributed by atoms with Gasteiger partial charge in [0, 0.05) is 31.1 Å². The van der Waals surface area contributed by atoms with E-state index < -0.39 is 0 Å². The summed E-state index contributed by atoms with van der Waals surface area (Å²) in [6.07, 6.45) is 10.4. The van der Waals surface area contributed by atoms with Crippen molar-refractivity contribution in [2.45, 2.75) is 63.2 Å². The van der Waals surface area contributed by atoms with E-state index in [1.165, 1.54) is 19.3 Å². The van der Waals surface area contributed by atoms with E-state index >= 15 is 0 Å². The van der Waals surface area contributed by atoms with Crippen molar-refractivity contribution in [2.75, 3.05) is 29.9 Å². The van der Waals surface area contributed by atoms with Gasteiger partial charge in [-0.25, -0.2) is 4.39 Å². The van der Waals surface area contributed by atoms with Gasteiger partial charge in [-0.05, 0) is 67.7 Å². The van der Waals surface area contributed by atoms with Gasteiger partial charge in [0.1, 0.15) is 17.4 Å². The molecular weight excluding hydrogens is 497 g/mol. The Morgan fingerprint density at radius 1 is 0.895 bits per heavy atom. The minimum absolute atomic E-state index is 0.0754. The lowest BCUT2D eigenvalue weighted by molar-refractivity contribution is 0.292. The van der Waals surface area contributed by atoms with Crippen LogP contribution in [0.1, 0.15) is 63.4 Å². The molecule has 1 saturated heterocycles. The maximum atomic E-state index is 13.6. The highest BCUT2D eigenvalue weighted by Crippen LogP contribution is 2.39. The molecule has 2 aliphatic rings. The second-order valence-corrected chi connectivity index (χ2v) is 10.8. The Kier molecular flexibility index (Phi) is 8.68. The Hall–Kier alpha value is -3.26. The third-order valence-electron chi connectivity index (χ3n) is 7.66. The zero-order valence-electron chi connectivity index (χ0n) is 21.8. The molecule has 3 aromatic rings. The Morgan fingerprint density at radius 3 is 2.29 bits per heavy atom. The van der Waals surface area contributed by atoms with Gasteiger partial charge in [-0.1, -0.05) is 62.4 Å². The predicted octanol–water partition coefficient (Wildman–Crippen LogP) is 6.98. The minimum atomic E-state index is -0.208. The summed E-state index contributed by atoms with van der Waals surface area (Å²) in [5.41, 5.74) is 1.08. The van der Waals surface area contributed by atoms with Crippen LogP contribution in [0.2, 0.25) is 0 Å². The molecule has 1 aromatic heterocycles. The summed E-state index contributed by atoms with van der Waals surface area (Å²) < 4.78 is 19.7. The molecule has 0 atom stereocenters. The van der Waals surface area contributed by atoms with Gasteiger partial charge in [-0.2, -0.15) is 9.97 Å². The van der Waals surface area contributed by atoms with E-state index in [1.807, 2.05) is 48.5 Å². The number of aromatic nitrogens is 2. The van der Waals surface area contributed by atoms with Crippen molar-refractivity contribution in [3.63, 3.8) is 0 Å². The molecule has 5 rings (SSSR count). The van der Waals surface area contributed by atoms with Crippen molar-refractivity contribution >= 4 is 29.1 Å². The maximum Gasteiger partial charge on any atom is 0.234 e. The van der Waals surface area contributed by atoms with Crippen molar-refractivity contribution in [1.82, 2.24) is 15.3 Å². The quantitative estimate of drug-likeness (QED) is 0.318. The first-order valence-electron chi connectivity index (χ1n) is 13.8. The number of hydrogen-bond acceptors (Lipinski definition) is 5. The number of anilines is 2. The van der Waals surface area contributed by atoms with E-state index in [0.29, 0.717) is 23.5 Å². The molecule has 2 heterocycles. The smallest absolute Gasteiger partial charge is 0.234 e. The van der Waals surface area contributed by atoms with Crippen LogP contribution < -0.4 is 20.3 Å². The fourth-order valence-corrected chi connectivity index (χ4v) is 5.75. The highest BCUT2D eigenvalue weighted by Gasteiger charge is 2.34. The Bertz CT molecular complexity index is 1190. The van der Waals surface area contributed by atoms with Crippen molar-refractivity contribution in [3.8, 4) is 11.6 Å². The van der Waals surface area contributed by atoms with Crippen molar-refractivity contribution in [3.05, 3.63) is 72.0 Å². The van der Waals surface area contributed by atoms with Crippen LogP contribution in [0.3, 0.4) is 0 Å². The second kappa shape index (κ2) is 12.5. The van der Waals surface area contributed by atoms with Crippen molar-refractivity contribution in [1.29, 1.82) is 0 Å². The molecule has 8 heteroatoms. The molecule has 6 nitrogen and oxygen atoms in total. The number of nitrogens with zero attached hydrogens (tertiary/aromatic N) is 3. The van der Waals surface area contributed by atoms with Gasteiger partial charge >= 0.3 is 0 Å². The molecular formula is C30H36FN5OS. The van der Waals surface area contributed by atoms with Gasteiger partial charge in [0.05, 0.1) is 0 Å². The molecule has 2 fully saturated rings. The normalized spacial score (nSPS) is 17.3. The number of hydrogen-bond donors (Lipinski definition) is 2. The topological polar surface area (TPSA) is 62.3 Å². The number of para-hydroxylation sites is 1. The zero-order chi connectivity index (χ0) is 26.2. The van der Waals surface area contributed by atoms with Gasteiger partial charge in [0.25, 0.3) is 0 Å². The molecule has 38 heavy (non-hydrogen) atoms. The first-order chi connectivity index (χ1) is 18.6. The van der Waals surface area contributed by atoms with Crippen LogP contribution in [-0.2, 0) is 5.41 Å².